The fraction of sp³-hybridized carbons (Fsp3) is 0.455. The molecule has 1 aliphatic rings. The van der Waals surface area contributed by atoms with Gasteiger partial charge in [0.15, 0.2) is 0 Å². The lowest BCUT2D eigenvalue weighted by Crippen LogP contribution is -2.34. The third-order valence-corrected chi connectivity index (χ3v) is 2.86. The Bertz CT molecular complexity index is 296. The number of benzene rings is 1. The summed E-state index contributed by atoms with van der Waals surface area (Å²) < 4.78 is 0. The highest BCUT2D eigenvalue weighted by Crippen LogP contribution is 2.27. The van der Waals surface area contributed by atoms with Gasteiger partial charge in [0, 0.05) is 6.04 Å². The smallest absolute Gasteiger partial charge is 0.0502 e. The van der Waals surface area contributed by atoms with Crippen molar-refractivity contribution < 1.29 is 0 Å². The van der Waals surface area contributed by atoms with Gasteiger partial charge >= 0.3 is 0 Å². The molecule has 1 aromatic rings. The maximum Gasteiger partial charge on any atom is 0.0502 e. The molecule has 0 aliphatic carbocycles. The molecule has 1 aliphatic heterocycles. The van der Waals surface area contributed by atoms with E-state index < -0.39 is 0 Å². The van der Waals surface area contributed by atoms with Gasteiger partial charge in [-0.2, -0.15) is 0 Å². The summed E-state index contributed by atoms with van der Waals surface area (Å²) in [5.41, 5.74) is 2.81. The van der Waals surface area contributed by atoms with Gasteiger partial charge in [0.05, 0.1) is 5.38 Å². The zero-order valence-electron chi connectivity index (χ0n) is 7.76. The molecule has 1 N–H and O–H groups in total. The van der Waals surface area contributed by atoms with Gasteiger partial charge in [-0.1, -0.05) is 24.3 Å². The molecule has 0 radical (unpaired) electrons. The second-order valence-electron chi connectivity index (χ2n) is 3.56. The lowest BCUT2D eigenvalue weighted by Gasteiger charge is -2.28. The zero-order chi connectivity index (χ0) is 9.26. The van der Waals surface area contributed by atoms with Crippen LogP contribution >= 0.6 is 11.6 Å². The average Bonchev–Trinajstić information content (AvgIpc) is 2.17. The molecule has 1 unspecified atom stereocenters. The van der Waals surface area contributed by atoms with Crippen LogP contribution in [-0.2, 0) is 6.42 Å². The molecular formula is C11H14ClN. The van der Waals surface area contributed by atoms with Gasteiger partial charge < -0.3 is 5.32 Å². The van der Waals surface area contributed by atoms with Crippen LogP contribution in [0.1, 0.15) is 24.1 Å². The van der Waals surface area contributed by atoms with Gasteiger partial charge in [0.1, 0.15) is 0 Å². The molecule has 2 rings (SSSR count). The second kappa shape index (κ2) is 3.69. The summed E-state index contributed by atoms with van der Waals surface area (Å²) >= 11 is 6.12. The van der Waals surface area contributed by atoms with Crippen LogP contribution in [0.4, 0.5) is 0 Å². The first-order chi connectivity index (χ1) is 6.29. The molecule has 2 heteroatoms. The molecule has 0 bridgehead atoms. The lowest BCUT2D eigenvalue weighted by atomic mass is 9.93. The maximum absolute atomic E-state index is 6.12. The van der Waals surface area contributed by atoms with Crippen LogP contribution in [0.3, 0.4) is 0 Å². The van der Waals surface area contributed by atoms with Crippen molar-refractivity contribution in [3.05, 3.63) is 35.4 Å². The molecule has 2 atom stereocenters. The van der Waals surface area contributed by atoms with Crippen molar-refractivity contribution in [1.82, 2.24) is 5.32 Å². The molecule has 1 aromatic carbocycles. The minimum Gasteiger partial charge on any atom is -0.308 e. The molecule has 0 fully saturated rings. The third kappa shape index (κ3) is 1.72. The number of hydrogen-bond acceptors (Lipinski definition) is 1. The molecule has 70 valence electrons. The highest BCUT2D eigenvalue weighted by Gasteiger charge is 2.22. The number of hydrogen-bond donors (Lipinski definition) is 1. The minimum atomic E-state index is 0.154. The van der Waals surface area contributed by atoms with Crippen LogP contribution in [0.5, 0.6) is 0 Å². The van der Waals surface area contributed by atoms with Gasteiger partial charge in [-0.3, -0.25) is 0 Å². The van der Waals surface area contributed by atoms with E-state index >= 15 is 0 Å². The van der Waals surface area contributed by atoms with Gasteiger partial charge in [0.25, 0.3) is 0 Å². The number of alkyl halides is 1. The largest absolute Gasteiger partial charge is 0.308 e. The molecule has 0 spiro atoms. The van der Waals surface area contributed by atoms with Gasteiger partial charge in [0.2, 0.25) is 0 Å². The van der Waals surface area contributed by atoms with E-state index in [9.17, 15) is 0 Å². The minimum absolute atomic E-state index is 0.154. The Kier molecular flexibility index (Phi) is 2.56. The summed E-state index contributed by atoms with van der Waals surface area (Å²) in [6.45, 7) is 3.08. The van der Waals surface area contributed by atoms with Gasteiger partial charge in [-0.05, 0) is 31.0 Å². The Morgan fingerprint density at radius 1 is 1.46 bits per heavy atom. The van der Waals surface area contributed by atoms with Crippen molar-refractivity contribution in [1.29, 1.82) is 0 Å². The quantitative estimate of drug-likeness (QED) is 0.680. The predicted octanol–water partition coefficient (Wildman–Crippen LogP) is 2.50. The Morgan fingerprint density at radius 3 is 3.00 bits per heavy atom. The van der Waals surface area contributed by atoms with Crippen LogP contribution in [-0.4, -0.2) is 11.9 Å². The number of fused-ring (bicyclic) bond motifs is 1. The van der Waals surface area contributed by atoms with E-state index in [0.29, 0.717) is 6.04 Å². The van der Waals surface area contributed by atoms with Crippen LogP contribution in [0.2, 0.25) is 0 Å². The molecule has 0 amide bonds. The maximum atomic E-state index is 6.12. The number of halogens is 1. The molecule has 1 heterocycles. The fourth-order valence-electron chi connectivity index (χ4n) is 1.95. The van der Waals surface area contributed by atoms with E-state index in [2.05, 4.69) is 29.6 Å². The van der Waals surface area contributed by atoms with E-state index in [1.807, 2.05) is 6.92 Å². The van der Waals surface area contributed by atoms with Crippen LogP contribution in [0.25, 0.3) is 0 Å². The number of nitrogens with one attached hydrogen (secondary N) is 1. The Balaban J connectivity index is 2.37. The highest BCUT2D eigenvalue weighted by atomic mass is 35.5. The van der Waals surface area contributed by atoms with Crippen molar-refractivity contribution in [2.75, 3.05) is 6.54 Å². The van der Waals surface area contributed by atoms with Crippen molar-refractivity contribution in [2.45, 2.75) is 24.8 Å². The summed E-state index contributed by atoms with van der Waals surface area (Å²) in [6.07, 6.45) is 1.12. The first kappa shape index (κ1) is 9.04. The van der Waals surface area contributed by atoms with Gasteiger partial charge in [-0.25, -0.2) is 0 Å². The van der Waals surface area contributed by atoms with E-state index in [-0.39, 0.29) is 5.38 Å². The predicted molar refractivity (Wildman–Crippen MR) is 56.2 cm³/mol. The van der Waals surface area contributed by atoms with Crippen LogP contribution in [0.15, 0.2) is 24.3 Å². The monoisotopic (exact) mass is 195 g/mol. The Morgan fingerprint density at radius 2 is 2.23 bits per heavy atom. The first-order valence-electron chi connectivity index (χ1n) is 4.74. The van der Waals surface area contributed by atoms with E-state index in [4.69, 9.17) is 11.6 Å². The first-order valence-corrected chi connectivity index (χ1v) is 5.18. The summed E-state index contributed by atoms with van der Waals surface area (Å²) in [5.74, 6) is 0. The molecule has 13 heavy (non-hydrogen) atoms. The fourth-order valence-corrected chi connectivity index (χ4v) is 2.17. The van der Waals surface area contributed by atoms with Crippen molar-refractivity contribution in [2.24, 2.45) is 0 Å². The average molecular weight is 196 g/mol. The second-order valence-corrected chi connectivity index (χ2v) is 4.25. The van der Waals surface area contributed by atoms with E-state index in [1.165, 1.54) is 11.1 Å². The normalized spacial score (nSPS) is 23.7. The Labute approximate surface area is 84.1 Å². The number of rotatable bonds is 1. The third-order valence-electron chi connectivity index (χ3n) is 2.61. The zero-order valence-corrected chi connectivity index (χ0v) is 8.51. The molecule has 1 nitrogen and oxygen atoms in total. The van der Waals surface area contributed by atoms with Crippen molar-refractivity contribution >= 4 is 11.6 Å². The van der Waals surface area contributed by atoms with Crippen LogP contribution in [0, 0.1) is 0 Å². The van der Waals surface area contributed by atoms with E-state index in [1.54, 1.807) is 0 Å². The summed E-state index contributed by atoms with van der Waals surface area (Å²) in [7, 11) is 0. The standard InChI is InChI=1S/C11H14ClN/c1-8(12)11-10-5-3-2-4-9(10)6-7-13-11/h2-5,8,11,13H,6-7H2,1H3/t8-,11?/m0/s1. The Hall–Kier alpha value is -0.530. The molecule has 0 aromatic heterocycles. The topological polar surface area (TPSA) is 12.0 Å². The van der Waals surface area contributed by atoms with Crippen LogP contribution < -0.4 is 5.32 Å². The summed E-state index contributed by atoms with van der Waals surface area (Å²) in [6, 6.07) is 8.87. The summed E-state index contributed by atoms with van der Waals surface area (Å²) in [5, 5.41) is 3.60. The SMILES string of the molecule is C[C@H](Cl)C1NCCc2ccccc21. The van der Waals surface area contributed by atoms with Crippen molar-refractivity contribution in [3.8, 4) is 0 Å². The molecular weight excluding hydrogens is 182 g/mol. The highest BCUT2D eigenvalue weighted by molar-refractivity contribution is 6.20. The van der Waals surface area contributed by atoms with Crippen molar-refractivity contribution in [3.63, 3.8) is 0 Å². The summed E-state index contributed by atoms with van der Waals surface area (Å²) in [4.78, 5) is 0. The van der Waals surface area contributed by atoms with E-state index in [0.717, 1.165) is 13.0 Å². The molecule has 0 saturated heterocycles. The van der Waals surface area contributed by atoms with Gasteiger partial charge in [-0.15, -0.1) is 11.6 Å². The molecule has 0 saturated carbocycles. The lowest BCUT2D eigenvalue weighted by molar-refractivity contribution is 0.498.